The maximum atomic E-state index is 13.7. The zero-order valence-electron chi connectivity index (χ0n) is 24.3. The van der Waals surface area contributed by atoms with Gasteiger partial charge in [-0.25, -0.2) is 0 Å². The molecule has 6 aliphatic rings. The molecule has 40 heavy (non-hydrogen) atoms. The van der Waals surface area contributed by atoms with Gasteiger partial charge >= 0.3 is 0 Å². The van der Waals surface area contributed by atoms with Gasteiger partial charge in [0.15, 0.2) is 6.29 Å². The summed E-state index contributed by atoms with van der Waals surface area (Å²) in [5, 5.41) is 40.3. The van der Waals surface area contributed by atoms with Crippen LogP contribution < -0.4 is 0 Å². The number of rotatable bonds is 4. The van der Waals surface area contributed by atoms with E-state index in [1.807, 2.05) is 0 Å². The van der Waals surface area contributed by atoms with E-state index in [9.17, 15) is 25.2 Å². The molecule has 3 aliphatic carbocycles. The Morgan fingerprint density at radius 3 is 2.50 bits per heavy atom. The molecule has 3 unspecified atom stereocenters. The van der Waals surface area contributed by atoms with Crippen molar-refractivity contribution in [3.63, 3.8) is 0 Å². The van der Waals surface area contributed by atoms with Crippen molar-refractivity contribution in [2.45, 2.75) is 139 Å². The fourth-order valence-corrected chi connectivity index (χ4v) is 10.1. The molecule has 3 saturated heterocycles. The minimum atomic E-state index is -1.41. The number of aliphatic hydroxyl groups excluding tert-OH is 4. The lowest BCUT2D eigenvalue weighted by atomic mass is 9.45. The maximum Gasteiger partial charge on any atom is 0.252 e. The Bertz CT molecular complexity index is 912. The van der Waals surface area contributed by atoms with E-state index in [4.69, 9.17) is 14.2 Å². The minimum Gasteiger partial charge on any atom is -0.394 e. The molecule has 0 radical (unpaired) electrons. The Kier molecular flexibility index (Phi) is 8.31. The molecule has 9 nitrogen and oxygen atoms in total. The highest BCUT2D eigenvalue weighted by Crippen LogP contribution is 2.63. The van der Waals surface area contributed by atoms with Gasteiger partial charge in [-0.05, 0) is 113 Å². The summed E-state index contributed by atoms with van der Waals surface area (Å²) in [6.07, 6.45) is 6.10. The van der Waals surface area contributed by atoms with Crippen molar-refractivity contribution in [1.29, 1.82) is 0 Å². The molecule has 3 heterocycles. The van der Waals surface area contributed by atoms with Crippen molar-refractivity contribution in [2.24, 2.45) is 29.1 Å². The van der Waals surface area contributed by atoms with E-state index in [2.05, 4.69) is 18.7 Å². The number of piperidine rings is 1. The largest absolute Gasteiger partial charge is 0.394 e. The smallest absolute Gasteiger partial charge is 0.252 e. The van der Waals surface area contributed by atoms with Crippen LogP contribution in [0.3, 0.4) is 0 Å². The third-order valence-electron chi connectivity index (χ3n) is 12.4. The molecule has 0 spiro atoms. The number of carbonyl (C=O) groups is 1. The predicted octanol–water partition coefficient (Wildman–Crippen LogP) is 2.36. The van der Waals surface area contributed by atoms with Crippen LogP contribution in [-0.4, -0.2) is 99.4 Å². The van der Waals surface area contributed by atoms with Crippen LogP contribution in [0.2, 0.25) is 0 Å². The molecule has 0 aromatic rings. The first-order valence-electron chi connectivity index (χ1n) is 16.1. The van der Waals surface area contributed by atoms with E-state index in [1.165, 1.54) is 12.8 Å². The van der Waals surface area contributed by atoms with Gasteiger partial charge in [-0.1, -0.05) is 6.92 Å². The first kappa shape index (κ1) is 29.3. The molecule has 3 saturated carbocycles. The second-order valence-electron chi connectivity index (χ2n) is 14.3. The number of nitrogens with zero attached hydrogens (tertiary/aromatic N) is 1. The van der Waals surface area contributed by atoms with Crippen LogP contribution in [0.1, 0.15) is 90.9 Å². The van der Waals surface area contributed by atoms with Crippen molar-refractivity contribution >= 4 is 5.91 Å². The van der Waals surface area contributed by atoms with Crippen molar-refractivity contribution < 1.29 is 39.4 Å². The minimum absolute atomic E-state index is 0.0794. The Balaban J connectivity index is 1.12. The second kappa shape index (κ2) is 11.4. The average Bonchev–Trinajstić information content (AvgIpc) is 2.97. The Morgan fingerprint density at radius 2 is 1.75 bits per heavy atom. The zero-order valence-corrected chi connectivity index (χ0v) is 24.3. The van der Waals surface area contributed by atoms with Gasteiger partial charge in [0.05, 0.1) is 12.7 Å². The number of ether oxygens (including phenoxy) is 3. The van der Waals surface area contributed by atoms with Gasteiger partial charge in [-0.2, -0.15) is 0 Å². The van der Waals surface area contributed by atoms with Crippen molar-refractivity contribution in [3.8, 4) is 0 Å². The number of hydrogen-bond acceptors (Lipinski definition) is 8. The number of likely N-dealkylation sites (tertiary alicyclic amines) is 1. The van der Waals surface area contributed by atoms with Crippen LogP contribution in [0.5, 0.6) is 0 Å². The fraction of sp³-hybridized carbons (Fsp3) is 0.968. The van der Waals surface area contributed by atoms with Crippen molar-refractivity contribution in [1.82, 2.24) is 4.90 Å². The van der Waals surface area contributed by atoms with Gasteiger partial charge in [0.25, 0.3) is 5.91 Å². The lowest BCUT2D eigenvalue weighted by Crippen LogP contribution is -2.66. The van der Waals surface area contributed by atoms with E-state index in [0.717, 1.165) is 70.8 Å². The SMILES string of the molecule is CC12CC[C@H](O[C@@H]3O[C@H](CO)[C@@H](O)[C@H](O)[C@H]3O)CC1CCC1[C@@H]2CC[C@@]2(C)[C@H]1CCCN2C(=O)[C@H]1CCCCO1. The van der Waals surface area contributed by atoms with Gasteiger partial charge < -0.3 is 39.5 Å². The molecule has 6 rings (SSSR count). The lowest BCUT2D eigenvalue weighted by Gasteiger charge is -2.64. The van der Waals surface area contributed by atoms with E-state index in [-0.39, 0.29) is 29.1 Å². The van der Waals surface area contributed by atoms with Gasteiger partial charge in [-0.3, -0.25) is 4.79 Å². The van der Waals surface area contributed by atoms with Crippen LogP contribution >= 0.6 is 0 Å². The number of carbonyl (C=O) groups excluding carboxylic acids is 1. The van der Waals surface area contributed by atoms with Crippen molar-refractivity contribution in [2.75, 3.05) is 19.8 Å². The molecule has 1 amide bonds. The van der Waals surface area contributed by atoms with Gasteiger partial charge in [0.2, 0.25) is 0 Å². The van der Waals surface area contributed by atoms with E-state index < -0.39 is 37.3 Å². The quantitative estimate of drug-likeness (QED) is 0.383. The Labute approximate surface area is 238 Å². The summed E-state index contributed by atoms with van der Waals surface area (Å²) in [7, 11) is 0. The normalized spacial score (nSPS) is 51.4. The zero-order chi connectivity index (χ0) is 28.2. The van der Waals surface area contributed by atoms with E-state index in [0.29, 0.717) is 30.3 Å². The van der Waals surface area contributed by atoms with Crippen LogP contribution in [0.25, 0.3) is 0 Å². The second-order valence-corrected chi connectivity index (χ2v) is 14.3. The molecular formula is C31H51NO8. The molecule has 4 N–H and O–H groups in total. The summed E-state index contributed by atoms with van der Waals surface area (Å²) in [4.78, 5) is 15.9. The summed E-state index contributed by atoms with van der Waals surface area (Å²) in [6.45, 7) is 5.97. The highest BCUT2D eigenvalue weighted by molar-refractivity contribution is 5.82. The molecule has 9 heteroatoms. The van der Waals surface area contributed by atoms with E-state index >= 15 is 0 Å². The van der Waals surface area contributed by atoms with Crippen LogP contribution in [-0.2, 0) is 19.0 Å². The number of amides is 1. The third-order valence-corrected chi connectivity index (χ3v) is 12.4. The van der Waals surface area contributed by atoms with E-state index in [1.54, 1.807) is 0 Å². The molecule has 228 valence electrons. The molecular weight excluding hydrogens is 514 g/mol. The monoisotopic (exact) mass is 565 g/mol. The summed E-state index contributed by atoms with van der Waals surface area (Å²) in [5.41, 5.74) is 0.141. The molecule has 6 fully saturated rings. The molecule has 13 atom stereocenters. The Morgan fingerprint density at radius 1 is 0.925 bits per heavy atom. The van der Waals surface area contributed by atoms with Gasteiger partial charge in [0.1, 0.15) is 30.5 Å². The summed E-state index contributed by atoms with van der Waals surface area (Å²) < 4.78 is 17.8. The predicted molar refractivity (Wildman–Crippen MR) is 146 cm³/mol. The van der Waals surface area contributed by atoms with Crippen LogP contribution in [0.15, 0.2) is 0 Å². The molecule has 0 aromatic carbocycles. The average molecular weight is 566 g/mol. The summed E-state index contributed by atoms with van der Waals surface area (Å²) >= 11 is 0. The topological polar surface area (TPSA) is 129 Å². The van der Waals surface area contributed by atoms with Gasteiger partial charge in [0, 0.05) is 18.7 Å². The first-order valence-corrected chi connectivity index (χ1v) is 16.1. The van der Waals surface area contributed by atoms with Crippen molar-refractivity contribution in [3.05, 3.63) is 0 Å². The standard InChI is InChI=1S/C31H51NO8/c1-30-12-10-19(39-29-27(36)26(35)25(34)24(17-33)40-29)16-18(30)8-9-20-21(30)11-13-31(2)22(20)6-5-14-32(31)28(37)23-7-3-4-15-38-23/h18-27,29,33-36H,3-17H2,1-2H3/t18?,19-,20?,21-,22-,23+,24+,25+,26-,27+,29+,30?,31-/m0/s1. The van der Waals surface area contributed by atoms with Crippen LogP contribution in [0, 0.1) is 29.1 Å². The first-order chi connectivity index (χ1) is 19.2. The highest BCUT2D eigenvalue weighted by atomic mass is 16.7. The number of fused-ring (bicyclic) bond motifs is 5. The number of aliphatic hydroxyl groups is 4. The fourth-order valence-electron chi connectivity index (χ4n) is 10.1. The number of hydrogen-bond donors (Lipinski definition) is 4. The maximum absolute atomic E-state index is 13.7. The summed E-state index contributed by atoms with van der Waals surface area (Å²) in [6, 6.07) is 0. The Hall–Kier alpha value is -0.810. The van der Waals surface area contributed by atoms with Crippen LogP contribution in [0.4, 0.5) is 0 Å². The highest BCUT2D eigenvalue weighted by Gasteiger charge is 2.60. The lowest BCUT2D eigenvalue weighted by molar-refractivity contribution is -0.316. The molecule has 0 bridgehead atoms. The van der Waals surface area contributed by atoms with Gasteiger partial charge in [-0.15, -0.1) is 0 Å². The molecule has 3 aliphatic heterocycles. The summed E-state index contributed by atoms with van der Waals surface area (Å²) in [5.74, 6) is 2.55. The molecule has 0 aromatic heterocycles. The third kappa shape index (κ3) is 4.85.